The molecule has 5 rings (SSSR count). The molecule has 3 atom stereocenters. The lowest BCUT2D eigenvalue weighted by atomic mass is 9.96. The maximum absolute atomic E-state index is 12.7. The lowest BCUT2D eigenvalue weighted by Gasteiger charge is -2.17. The van der Waals surface area contributed by atoms with Crippen molar-refractivity contribution >= 4 is 17.5 Å². The second-order valence-corrected chi connectivity index (χ2v) is 13.0. The quantitative estimate of drug-likeness (QED) is 0.151. The van der Waals surface area contributed by atoms with Crippen LogP contribution < -0.4 is 16.8 Å². The van der Waals surface area contributed by atoms with Gasteiger partial charge in [-0.3, -0.25) is 19.6 Å². The number of nitriles is 1. The van der Waals surface area contributed by atoms with Crippen LogP contribution in [0.4, 0.5) is 5.82 Å². The summed E-state index contributed by atoms with van der Waals surface area (Å²) < 4.78 is 0. The van der Waals surface area contributed by atoms with Crippen LogP contribution in [-0.2, 0) is 41.8 Å². The van der Waals surface area contributed by atoms with Gasteiger partial charge in [0.25, 0.3) is 0 Å². The van der Waals surface area contributed by atoms with E-state index in [1.54, 1.807) is 13.0 Å². The highest BCUT2D eigenvalue weighted by Crippen LogP contribution is 2.38. The molecule has 1 aromatic carbocycles. The van der Waals surface area contributed by atoms with Crippen LogP contribution in [0.25, 0.3) is 0 Å². The maximum Gasteiger partial charge on any atom is 0.223 e. The average molecular weight is 690 g/mol. The maximum atomic E-state index is 12.7. The van der Waals surface area contributed by atoms with Crippen LogP contribution in [0.2, 0.25) is 0 Å². The Kier molecular flexibility index (Phi) is 16.4. The van der Waals surface area contributed by atoms with Crippen molar-refractivity contribution < 1.29 is 9.59 Å². The van der Waals surface area contributed by atoms with Crippen LogP contribution in [0, 0.1) is 31.1 Å². The zero-order valence-corrected chi connectivity index (χ0v) is 31.2. The number of nitrogen functional groups attached to an aromatic ring is 1. The van der Waals surface area contributed by atoms with Crippen LogP contribution in [-0.4, -0.2) is 32.7 Å². The molecule has 51 heavy (non-hydrogen) atoms. The molecule has 0 radical (unpaired) electrons. The minimum Gasteiger partial charge on any atom is -0.384 e. The van der Waals surface area contributed by atoms with E-state index in [9.17, 15) is 9.59 Å². The molecular formula is C42H55N7O2. The van der Waals surface area contributed by atoms with Gasteiger partial charge < -0.3 is 16.8 Å². The molecule has 5 N–H and O–H groups in total. The first-order chi connectivity index (χ1) is 24.5. The van der Waals surface area contributed by atoms with E-state index in [4.69, 9.17) is 16.7 Å². The molecule has 1 fully saturated rings. The summed E-state index contributed by atoms with van der Waals surface area (Å²) in [7, 11) is 0. The summed E-state index contributed by atoms with van der Waals surface area (Å²) in [5.41, 5.74) is 20.5. The van der Waals surface area contributed by atoms with Gasteiger partial charge in [-0.25, -0.2) is 4.98 Å². The van der Waals surface area contributed by atoms with E-state index in [2.05, 4.69) is 51.5 Å². The van der Waals surface area contributed by atoms with Crippen molar-refractivity contribution in [1.29, 1.82) is 5.26 Å². The highest BCUT2D eigenvalue weighted by molar-refractivity contribution is 5.89. The number of carbonyl (C=O) groups excluding carboxylic acids is 2. The third-order valence-corrected chi connectivity index (χ3v) is 9.31. The molecule has 3 heterocycles. The number of rotatable bonds is 11. The van der Waals surface area contributed by atoms with Crippen molar-refractivity contribution in [2.24, 2.45) is 11.7 Å². The number of nitrogens with two attached hydrogens (primary N) is 2. The molecule has 4 aromatic rings. The van der Waals surface area contributed by atoms with E-state index in [-0.39, 0.29) is 17.6 Å². The Labute approximate surface area is 304 Å². The fourth-order valence-corrected chi connectivity index (χ4v) is 6.33. The standard InChI is InChI=1S/C24H31N3O2.C9H14N2.C9H10N2/c1-3-21-18(12-14-23(25)27-21)11-13-22(28)16(2)26-24(29)20-10-9-19(15-20)17-7-5-4-6-8-17;2*1-3-9-8(6-10)5-4-7(2)11-9/h4-8,12,14,16,19-20H,3,9-11,13,15H2,1-2H3,(H2,25,27)(H,26,29);4-5H,3,6,10H2,1-2H3;4-5H,3H2,1-2H3/t16-,19+,20+;;/m0../s1. The Morgan fingerprint density at radius 3 is 2.08 bits per heavy atom. The third-order valence-electron chi connectivity index (χ3n) is 9.31. The summed E-state index contributed by atoms with van der Waals surface area (Å²) >= 11 is 0. The SMILES string of the molecule is CCc1nc(C)ccc1C#N.CCc1nc(C)ccc1CN.CCc1nc(N)ccc1CCC(=O)[C@H](C)NC(=O)[C@@H]1CC[C@@H](c2ccccc2)C1. The van der Waals surface area contributed by atoms with Gasteiger partial charge in [-0.15, -0.1) is 0 Å². The van der Waals surface area contributed by atoms with E-state index in [1.807, 2.05) is 70.2 Å². The molecule has 1 aliphatic carbocycles. The highest BCUT2D eigenvalue weighted by atomic mass is 16.2. The number of amides is 1. The second-order valence-electron chi connectivity index (χ2n) is 13.0. The summed E-state index contributed by atoms with van der Waals surface area (Å²) in [6.07, 6.45) is 6.33. The third kappa shape index (κ3) is 12.4. The minimum absolute atomic E-state index is 0.00711. The van der Waals surface area contributed by atoms with Gasteiger partial charge in [-0.1, -0.05) is 63.2 Å². The molecule has 1 amide bonds. The van der Waals surface area contributed by atoms with Gasteiger partial charge in [-0.05, 0) is 113 Å². The molecule has 9 nitrogen and oxygen atoms in total. The summed E-state index contributed by atoms with van der Waals surface area (Å²) in [6.45, 7) is 12.4. The zero-order chi connectivity index (χ0) is 37.3. The summed E-state index contributed by atoms with van der Waals surface area (Å²) in [5.74, 6) is 0.984. The molecule has 0 unspecified atom stereocenters. The number of benzene rings is 1. The molecule has 0 aliphatic heterocycles. The van der Waals surface area contributed by atoms with E-state index < -0.39 is 6.04 Å². The van der Waals surface area contributed by atoms with Crippen molar-refractivity contribution in [2.75, 3.05) is 5.73 Å². The van der Waals surface area contributed by atoms with Crippen molar-refractivity contribution in [3.05, 3.63) is 117 Å². The van der Waals surface area contributed by atoms with Crippen molar-refractivity contribution in [2.45, 2.75) is 111 Å². The molecule has 1 saturated carbocycles. The largest absolute Gasteiger partial charge is 0.384 e. The first-order valence-corrected chi connectivity index (χ1v) is 18.2. The van der Waals surface area contributed by atoms with Crippen LogP contribution in [0.15, 0.2) is 66.7 Å². The van der Waals surface area contributed by atoms with Gasteiger partial charge in [0.15, 0.2) is 5.78 Å². The number of nitrogens with one attached hydrogen (secondary N) is 1. The summed E-state index contributed by atoms with van der Waals surface area (Å²) in [6, 6.07) is 23.5. The van der Waals surface area contributed by atoms with E-state index >= 15 is 0 Å². The first-order valence-electron chi connectivity index (χ1n) is 18.2. The normalized spacial score (nSPS) is 15.3. The second kappa shape index (κ2) is 20.7. The topological polar surface area (TPSA) is 161 Å². The van der Waals surface area contributed by atoms with Gasteiger partial charge in [0.2, 0.25) is 5.91 Å². The van der Waals surface area contributed by atoms with Crippen molar-refractivity contribution in [3.63, 3.8) is 0 Å². The average Bonchev–Trinajstić information content (AvgIpc) is 3.66. The van der Waals surface area contributed by atoms with E-state index in [1.165, 1.54) is 5.56 Å². The Bertz CT molecular complexity index is 1770. The van der Waals surface area contributed by atoms with Crippen LogP contribution >= 0.6 is 0 Å². The fraction of sp³-hybridized carbons (Fsp3) is 0.429. The molecule has 270 valence electrons. The first kappa shape index (κ1) is 40.5. The minimum atomic E-state index is -0.468. The monoisotopic (exact) mass is 689 g/mol. The molecule has 0 saturated heterocycles. The van der Waals surface area contributed by atoms with Gasteiger partial charge in [0.05, 0.1) is 17.3 Å². The number of hydrogen-bond donors (Lipinski definition) is 3. The summed E-state index contributed by atoms with van der Waals surface area (Å²) in [5, 5.41) is 11.6. The number of pyridine rings is 3. The van der Waals surface area contributed by atoms with Gasteiger partial charge >= 0.3 is 0 Å². The van der Waals surface area contributed by atoms with Crippen LogP contribution in [0.1, 0.15) is 110 Å². The predicted octanol–water partition coefficient (Wildman–Crippen LogP) is 7.05. The molecule has 9 heteroatoms. The Balaban J connectivity index is 0.000000260. The summed E-state index contributed by atoms with van der Waals surface area (Å²) in [4.78, 5) is 38.2. The lowest BCUT2D eigenvalue weighted by Crippen LogP contribution is -2.41. The smallest absolute Gasteiger partial charge is 0.223 e. The Morgan fingerprint density at radius 1 is 0.843 bits per heavy atom. The van der Waals surface area contributed by atoms with E-state index in [0.717, 1.165) is 78.1 Å². The van der Waals surface area contributed by atoms with Crippen LogP contribution in [0.3, 0.4) is 0 Å². The number of nitrogens with zero attached hydrogens (tertiary/aromatic N) is 4. The molecule has 3 aromatic heterocycles. The number of anilines is 1. The number of Topliss-reactive ketones (excluding diaryl/α,β-unsaturated/α-hetero) is 1. The van der Waals surface area contributed by atoms with Crippen molar-refractivity contribution in [1.82, 2.24) is 20.3 Å². The molecule has 0 spiro atoms. The Morgan fingerprint density at radius 2 is 1.45 bits per heavy atom. The fourth-order valence-electron chi connectivity index (χ4n) is 6.33. The van der Waals surface area contributed by atoms with E-state index in [0.29, 0.717) is 36.7 Å². The zero-order valence-electron chi connectivity index (χ0n) is 31.2. The van der Waals surface area contributed by atoms with Gasteiger partial charge in [0.1, 0.15) is 11.9 Å². The van der Waals surface area contributed by atoms with Gasteiger partial charge in [0, 0.05) is 41.7 Å². The molecule has 1 aliphatic rings. The lowest BCUT2D eigenvalue weighted by molar-refractivity contribution is -0.129. The number of aromatic nitrogens is 3. The number of aryl methyl sites for hydroxylation is 6. The van der Waals surface area contributed by atoms with Crippen LogP contribution in [0.5, 0.6) is 0 Å². The molecule has 0 bridgehead atoms. The number of ketones is 1. The number of carbonyl (C=O) groups is 2. The Hall–Kier alpha value is -4.94. The van der Waals surface area contributed by atoms with Crippen molar-refractivity contribution in [3.8, 4) is 6.07 Å². The predicted molar refractivity (Wildman–Crippen MR) is 205 cm³/mol. The number of hydrogen-bond acceptors (Lipinski definition) is 8. The highest BCUT2D eigenvalue weighted by Gasteiger charge is 2.31. The molecular weight excluding hydrogens is 635 g/mol. The van der Waals surface area contributed by atoms with Gasteiger partial charge in [-0.2, -0.15) is 5.26 Å².